The highest BCUT2D eigenvalue weighted by atomic mass is 19.3. The molecule has 3 atom stereocenters. The van der Waals surface area contributed by atoms with Crippen LogP contribution in [0, 0.1) is 5.92 Å². The van der Waals surface area contributed by atoms with Gasteiger partial charge in [0.1, 0.15) is 17.6 Å². The molecule has 1 aliphatic carbocycles. The summed E-state index contributed by atoms with van der Waals surface area (Å²) >= 11 is 0. The fraction of sp³-hybridized carbons (Fsp3) is 0.522. The highest BCUT2D eigenvalue weighted by Gasteiger charge is 2.57. The number of rotatable bonds is 9. The minimum Gasteiger partial charge on any atom is -0.490 e. The van der Waals surface area contributed by atoms with Crippen molar-refractivity contribution in [1.82, 2.24) is 9.97 Å². The Labute approximate surface area is 180 Å². The van der Waals surface area contributed by atoms with Crippen molar-refractivity contribution < 1.29 is 23.0 Å². The average molecular weight is 431 g/mol. The lowest BCUT2D eigenvalue weighted by Gasteiger charge is -2.18. The van der Waals surface area contributed by atoms with Gasteiger partial charge < -0.3 is 19.2 Å². The van der Waals surface area contributed by atoms with Crippen molar-refractivity contribution in [2.24, 2.45) is 5.92 Å². The van der Waals surface area contributed by atoms with E-state index in [1.54, 1.807) is 6.92 Å². The summed E-state index contributed by atoms with van der Waals surface area (Å²) in [6.45, 7) is 5.08. The first kappa shape index (κ1) is 21.5. The molecule has 31 heavy (non-hydrogen) atoms. The lowest BCUT2D eigenvalue weighted by molar-refractivity contribution is -0.117. The van der Waals surface area contributed by atoms with Crippen molar-refractivity contribution in [2.75, 3.05) is 24.6 Å². The van der Waals surface area contributed by atoms with Crippen LogP contribution in [0.5, 0.6) is 11.5 Å². The number of hydrogen-bond acceptors (Lipinski definition) is 6. The molecule has 4 rings (SSSR count). The molecular weight excluding hydrogens is 404 g/mol. The molecule has 166 valence electrons. The normalized spacial score (nSPS) is 22.8. The number of ketones is 1. The van der Waals surface area contributed by atoms with Crippen molar-refractivity contribution in [1.29, 1.82) is 0 Å². The van der Waals surface area contributed by atoms with Crippen molar-refractivity contribution >= 4 is 11.7 Å². The van der Waals surface area contributed by atoms with Crippen molar-refractivity contribution in [3.8, 4) is 11.5 Å². The van der Waals surface area contributed by atoms with E-state index in [1.165, 1.54) is 12.4 Å². The number of nitrogens with zero attached hydrogens (tertiary/aromatic N) is 3. The molecule has 2 aliphatic rings. The number of alkyl halides is 2. The number of ether oxygens (including phenoxy) is 2. The predicted molar refractivity (Wildman–Crippen MR) is 112 cm³/mol. The topological polar surface area (TPSA) is 64.5 Å². The lowest BCUT2D eigenvalue weighted by atomic mass is 9.96. The number of carbonyl (C=O) groups is 1. The summed E-state index contributed by atoms with van der Waals surface area (Å²) in [7, 11) is 0. The molecule has 0 N–H and O–H groups in total. The fourth-order valence-corrected chi connectivity index (χ4v) is 3.82. The number of benzene rings is 1. The van der Waals surface area contributed by atoms with Crippen LogP contribution in [0.15, 0.2) is 36.7 Å². The minimum absolute atomic E-state index is 0.0122. The van der Waals surface area contributed by atoms with E-state index in [1.807, 2.05) is 36.1 Å². The maximum Gasteiger partial charge on any atom is 0.255 e. The molecule has 1 unspecified atom stereocenters. The largest absolute Gasteiger partial charge is 0.490 e. The molecular formula is C23H27F2N3O3. The Morgan fingerprint density at radius 2 is 1.90 bits per heavy atom. The Morgan fingerprint density at radius 3 is 2.52 bits per heavy atom. The summed E-state index contributed by atoms with van der Waals surface area (Å²) in [6.07, 6.45) is 4.35. The fourth-order valence-electron chi connectivity index (χ4n) is 3.82. The molecule has 1 aliphatic heterocycles. The van der Waals surface area contributed by atoms with Gasteiger partial charge in [-0.2, -0.15) is 0 Å². The third-order valence-corrected chi connectivity index (χ3v) is 5.79. The van der Waals surface area contributed by atoms with Crippen LogP contribution in [0.2, 0.25) is 0 Å². The zero-order chi connectivity index (χ0) is 22.0. The number of anilines is 1. The molecule has 0 bridgehead atoms. The van der Waals surface area contributed by atoms with Gasteiger partial charge in [-0.25, -0.2) is 18.7 Å². The van der Waals surface area contributed by atoms with E-state index in [0.717, 1.165) is 24.3 Å². The second kappa shape index (κ2) is 8.77. The van der Waals surface area contributed by atoms with Crippen LogP contribution in [0.25, 0.3) is 0 Å². The molecule has 1 aromatic heterocycles. The van der Waals surface area contributed by atoms with Crippen LogP contribution >= 0.6 is 0 Å². The number of hydrogen-bond donors (Lipinski definition) is 0. The van der Waals surface area contributed by atoms with Crippen LogP contribution < -0.4 is 14.4 Å². The van der Waals surface area contributed by atoms with Crippen molar-refractivity contribution in [2.45, 2.75) is 51.1 Å². The van der Waals surface area contributed by atoms with E-state index in [0.29, 0.717) is 24.7 Å². The van der Waals surface area contributed by atoms with Crippen LogP contribution in [-0.4, -0.2) is 47.5 Å². The second-order valence-electron chi connectivity index (χ2n) is 8.54. The molecule has 1 aromatic carbocycles. The zero-order valence-electron chi connectivity index (χ0n) is 17.8. The van der Waals surface area contributed by atoms with Gasteiger partial charge in [0.15, 0.2) is 5.75 Å². The van der Waals surface area contributed by atoms with E-state index >= 15 is 0 Å². The molecule has 8 heteroatoms. The number of carbonyl (C=O) groups excluding carboxylic acids is 1. The van der Waals surface area contributed by atoms with Gasteiger partial charge >= 0.3 is 0 Å². The highest BCUT2D eigenvalue weighted by molar-refractivity contribution is 5.76. The number of Topliss-reactive ketones (excluding diaryl/α,β-unsaturated/α-hetero) is 1. The molecule has 1 saturated carbocycles. The summed E-state index contributed by atoms with van der Waals surface area (Å²) in [5.41, 5.74) is 1.12. The first-order chi connectivity index (χ1) is 14.8. The first-order valence-corrected chi connectivity index (χ1v) is 10.6. The van der Waals surface area contributed by atoms with Crippen LogP contribution in [0.1, 0.15) is 44.6 Å². The maximum absolute atomic E-state index is 12.9. The first-order valence-electron chi connectivity index (χ1n) is 10.6. The zero-order valence-corrected chi connectivity index (χ0v) is 17.8. The summed E-state index contributed by atoms with van der Waals surface area (Å²) < 4.78 is 37.3. The van der Waals surface area contributed by atoms with Gasteiger partial charge in [-0.15, -0.1) is 0 Å². The molecule has 1 saturated heterocycles. The van der Waals surface area contributed by atoms with Crippen LogP contribution in [0.3, 0.4) is 0 Å². The van der Waals surface area contributed by atoms with Gasteiger partial charge in [0.2, 0.25) is 5.95 Å². The van der Waals surface area contributed by atoms with Gasteiger partial charge in [-0.3, -0.25) is 0 Å². The SMILES string of the molecule is CC(=O)C[C@@H](C)c1ccc(O[C@@H]2CCN(c3ncc(OCC4CC4(F)F)cn3)C2)cc1. The van der Waals surface area contributed by atoms with E-state index in [2.05, 4.69) is 9.97 Å². The summed E-state index contributed by atoms with van der Waals surface area (Å²) in [5.74, 6) is -1.13. The van der Waals surface area contributed by atoms with Crippen LogP contribution in [0.4, 0.5) is 14.7 Å². The predicted octanol–water partition coefficient (Wildman–Crippen LogP) is 4.25. The van der Waals surface area contributed by atoms with Gasteiger partial charge in [-0.05, 0) is 30.5 Å². The van der Waals surface area contributed by atoms with E-state index < -0.39 is 11.8 Å². The second-order valence-corrected chi connectivity index (χ2v) is 8.54. The molecule has 6 nitrogen and oxygen atoms in total. The van der Waals surface area contributed by atoms with Gasteiger partial charge in [0.25, 0.3) is 5.92 Å². The van der Waals surface area contributed by atoms with E-state index in [9.17, 15) is 13.6 Å². The summed E-state index contributed by atoms with van der Waals surface area (Å²) in [4.78, 5) is 22.0. The molecule has 0 spiro atoms. The molecule has 2 heterocycles. The van der Waals surface area contributed by atoms with Gasteiger partial charge in [0, 0.05) is 25.8 Å². The van der Waals surface area contributed by atoms with Crippen molar-refractivity contribution in [3.63, 3.8) is 0 Å². The lowest BCUT2D eigenvalue weighted by Crippen LogP contribution is -2.26. The average Bonchev–Trinajstić information content (AvgIpc) is 3.11. The Bertz CT molecular complexity index is 905. The molecule has 0 amide bonds. The Morgan fingerprint density at radius 1 is 1.23 bits per heavy atom. The van der Waals surface area contributed by atoms with E-state index in [4.69, 9.17) is 9.47 Å². The summed E-state index contributed by atoms with van der Waals surface area (Å²) in [5, 5.41) is 0. The highest BCUT2D eigenvalue weighted by Crippen LogP contribution is 2.48. The standard InChI is InChI=1S/C23H27F2N3O3/c1-15(9-16(2)29)17-3-5-19(6-4-17)31-20-7-8-28(13-20)22-26-11-21(12-27-22)30-14-18-10-23(18,24)25/h3-6,11-12,15,18,20H,7-10,13-14H2,1-2H3/t15-,18?,20-/m1/s1. The third kappa shape index (κ3) is 5.48. The summed E-state index contributed by atoms with van der Waals surface area (Å²) in [6, 6.07) is 7.91. The molecule has 2 aromatic rings. The third-order valence-electron chi connectivity index (χ3n) is 5.79. The smallest absolute Gasteiger partial charge is 0.255 e. The van der Waals surface area contributed by atoms with Gasteiger partial charge in [0.05, 0.1) is 31.5 Å². The van der Waals surface area contributed by atoms with Gasteiger partial charge in [-0.1, -0.05) is 19.1 Å². The molecule has 2 fully saturated rings. The van der Waals surface area contributed by atoms with Crippen LogP contribution in [-0.2, 0) is 4.79 Å². The Kier molecular flexibility index (Phi) is 6.07. The molecule has 0 radical (unpaired) electrons. The Hall–Kier alpha value is -2.77. The van der Waals surface area contributed by atoms with Crippen molar-refractivity contribution in [3.05, 3.63) is 42.2 Å². The maximum atomic E-state index is 12.9. The monoisotopic (exact) mass is 431 g/mol. The quantitative estimate of drug-likeness (QED) is 0.591. The van der Waals surface area contributed by atoms with E-state index in [-0.39, 0.29) is 30.8 Å². The number of halogens is 2. The Balaban J connectivity index is 1.26. The number of aromatic nitrogens is 2. The minimum atomic E-state index is -2.58.